The molecule has 0 aliphatic carbocycles. The van der Waals surface area contributed by atoms with E-state index in [4.69, 9.17) is 0 Å². The van der Waals surface area contributed by atoms with Crippen molar-refractivity contribution in [1.29, 1.82) is 0 Å². The second kappa shape index (κ2) is 5.54. The van der Waals surface area contributed by atoms with E-state index < -0.39 is 0 Å². The van der Waals surface area contributed by atoms with Crippen LogP contribution >= 0.6 is 11.8 Å². The largest absolute Gasteiger partial charge is 0.508 e. The Hall–Kier alpha value is -2.20. The molecule has 2 heterocycles. The Labute approximate surface area is 134 Å². The van der Waals surface area contributed by atoms with E-state index >= 15 is 0 Å². The third-order valence-electron chi connectivity index (χ3n) is 4.02. The summed E-state index contributed by atoms with van der Waals surface area (Å²) in [5, 5.41) is 12.7. The SMILES string of the molecule is Oc1ccc(C[C@H]2CN=C3SC=C(c4ccccc4)N32)cc1. The van der Waals surface area contributed by atoms with Crippen molar-refractivity contribution in [1.82, 2.24) is 4.90 Å². The Balaban J connectivity index is 1.58. The molecular weight excluding hydrogens is 292 g/mol. The van der Waals surface area contributed by atoms with Gasteiger partial charge in [-0.1, -0.05) is 54.2 Å². The number of benzene rings is 2. The molecule has 1 atom stereocenters. The first kappa shape index (κ1) is 13.5. The third kappa shape index (κ3) is 2.40. The average molecular weight is 308 g/mol. The molecule has 0 unspecified atom stereocenters. The average Bonchev–Trinajstić information content (AvgIpc) is 3.13. The van der Waals surface area contributed by atoms with Crippen LogP contribution in [0.3, 0.4) is 0 Å². The molecule has 0 bridgehead atoms. The lowest BCUT2D eigenvalue weighted by Gasteiger charge is -2.26. The second-order valence-corrected chi connectivity index (χ2v) is 6.34. The van der Waals surface area contributed by atoms with Gasteiger partial charge in [0, 0.05) is 5.41 Å². The molecule has 2 aromatic rings. The number of fused-ring (bicyclic) bond motifs is 1. The maximum Gasteiger partial charge on any atom is 0.168 e. The van der Waals surface area contributed by atoms with Gasteiger partial charge in [-0.25, -0.2) is 0 Å². The van der Waals surface area contributed by atoms with Crippen molar-refractivity contribution in [3.63, 3.8) is 0 Å². The van der Waals surface area contributed by atoms with Gasteiger partial charge in [-0.15, -0.1) is 0 Å². The Morgan fingerprint density at radius 2 is 1.86 bits per heavy atom. The van der Waals surface area contributed by atoms with Crippen LogP contribution in [-0.2, 0) is 6.42 Å². The quantitative estimate of drug-likeness (QED) is 0.938. The van der Waals surface area contributed by atoms with E-state index in [-0.39, 0.29) is 0 Å². The number of aliphatic imine (C=N–C) groups is 1. The maximum atomic E-state index is 9.41. The number of phenols is 1. The fourth-order valence-corrected chi connectivity index (χ4v) is 3.91. The molecule has 0 aromatic heterocycles. The van der Waals surface area contributed by atoms with Crippen LogP contribution in [-0.4, -0.2) is 27.8 Å². The summed E-state index contributed by atoms with van der Waals surface area (Å²) in [7, 11) is 0. The van der Waals surface area contributed by atoms with Crippen LogP contribution < -0.4 is 0 Å². The number of nitrogens with zero attached hydrogens (tertiary/aromatic N) is 2. The second-order valence-electron chi connectivity index (χ2n) is 5.50. The number of hydrogen-bond acceptors (Lipinski definition) is 4. The van der Waals surface area contributed by atoms with Crippen LogP contribution in [0, 0.1) is 0 Å². The summed E-state index contributed by atoms with van der Waals surface area (Å²) < 4.78 is 0. The van der Waals surface area contributed by atoms with Gasteiger partial charge >= 0.3 is 0 Å². The highest BCUT2D eigenvalue weighted by Gasteiger charge is 2.34. The minimum Gasteiger partial charge on any atom is -0.508 e. The van der Waals surface area contributed by atoms with Gasteiger partial charge in [-0.3, -0.25) is 4.99 Å². The van der Waals surface area contributed by atoms with Gasteiger partial charge in [-0.2, -0.15) is 0 Å². The topological polar surface area (TPSA) is 35.8 Å². The van der Waals surface area contributed by atoms with Crippen molar-refractivity contribution in [3.05, 3.63) is 71.1 Å². The zero-order valence-electron chi connectivity index (χ0n) is 12.0. The lowest BCUT2D eigenvalue weighted by molar-refractivity contribution is 0.460. The van der Waals surface area contributed by atoms with Crippen molar-refractivity contribution >= 4 is 22.6 Å². The summed E-state index contributed by atoms with van der Waals surface area (Å²) in [5.41, 5.74) is 3.70. The molecule has 0 amide bonds. The van der Waals surface area contributed by atoms with E-state index in [0.717, 1.165) is 18.1 Å². The molecule has 2 aromatic carbocycles. The van der Waals surface area contributed by atoms with E-state index in [1.54, 1.807) is 23.9 Å². The molecule has 2 aliphatic rings. The Bertz CT molecular complexity index is 737. The summed E-state index contributed by atoms with van der Waals surface area (Å²) in [5.74, 6) is 0.314. The fourth-order valence-electron chi connectivity index (χ4n) is 2.93. The van der Waals surface area contributed by atoms with Crippen molar-refractivity contribution in [2.24, 2.45) is 4.99 Å². The van der Waals surface area contributed by atoms with Crippen LogP contribution in [0.1, 0.15) is 11.1 Å². The van der Waals surface area contributed by atoms with Gasteiger partial charge in [0.2, 0.25) is 0 Å². The van der Waals surface area contributed by atoms with Gasteiger partial charge in [0.1, 0.15) is 5.75 Å². The van der Waals surface area contributed by atoms with Gasteiger partial charge in [0.15, 0.2) is 5.17 Å². The predicted octanol–water partition coefficient (Wildman–Crippen LogP) is 3.72. The number of aromatic hydroxyl groups is 1. The zero-order chi connectivity index (χ0) is 14.9. The maximum absolute atomic E-state index is 9.41. The van der Waals surface area contributed by atoms with Crippen molar-refractivity contribution in [2.75, 3.05) is 6.54 Å². The van der Waals surface area contributed by atoms with Crippen LogP contribution in [0.5, 0.6) is 5.75 Å². The first-order valence-electron chi connectivity index (χ1n) is 7.35. The number of thioether (sulfide) groups is 1. The van der Waals surface area contributed by atoms with Gasteiger partial charge in [0.05, 0.1) is 18.3 Å². The summed E-state index contributed by atoms with van der Waals surface area (Å²) in [6, 6.07) is 18.3. The van der Waals surface area contributed by atoms with E-state index in [9.17, 15) is 5.11 Å². The highest BCUT2D eigenvalue weighted by Crippen LogP contribution is 2.38. The van der Waals surface area contributed by atoms with Crippen molar-refractivity contribution in [2.45, 2.75) is 12.5 Å². The van der Waals surface area contributed by atoms with Gasteiger partial charge < -0.3 is 10.0 Å². The van der Waals surface area contributed by atoms with E-state index in [1.807, 2.05) is 18.2 Å². The molecule has 2 aliphatic heterocycles. The van der Waals surface area contributed by atoms with E-state index in [1.165, 1.54) is 16.8 Å². The first-order valence-corrected chi connectivity index (χ1v) is 8.23. The molecule has 4 rings (SSSR count). The Morgan fingerprint density at radius 3 is 2.64 bits per heavy atom. The molecule has 0 saturated heterocycles. The van der Waals surface area contributed by atoms with Crippen molar-refractivity contribution < 1.29 is 5.11 Å². The number of hydrogen-bond donors (Lipinski definition) is 1. The lowest BCUT2D eigenvalue weighted by Crippen LogP contribution is -2.33. The molecule has 3 nitrogen and oxygen atoms in total. The lowest BCUT2D eigenvalue weighted by atomic mass is 10.0. The third-order valence-corrected chi connectivity index (χ3v) is 4.90. The van der Waals surface area contributed by atoms with Crippen molar-refractivity contribution in [3.8, 4) is 5.75 Å². The van der Waals surface area contributed by atoms with Crippen LogP contribution in [0.2, 0.25) is 0 Å². The fraction of sp³-hybridized carbons (Fsp3) is 0.167. The summed E-state index contributed by atoms with van der Waals surface area (Å²) >= 11 is 1.71. The number of amidine groups is 1. The smallest absolute Gasteiger partial charge is 0.168 e. The normalized spacial score (nSPS) is 19.8. The molecule has 0 fully saturated rings. The van der Waals surface area contributed by atoms with Gasteiger partial charge in [-0.05, 0) is 29.7 Å². The standard InChI is InChI=1S/C18H16N2OS/c21-16-8-6-13(7-9-16)10-15-11-19-18-20(15)17(12-22-18)14-4-2-1-3-5-14/h1-9,12,15,21H,10-11H2/t15-/m0/s1. The zero-order valence-corrected chi connectivity index (χ0v) is 12.8. The minimum atomic E-state index is 0.314. The molecule has 0 saturated carbocycles. The van der Waals surface area contributed by atoms with Crippen LogP contribution in [0.4, 0.5) is 0 Å². The Kier molecular flexibility index (Phi) is 3.39. The minimum absolute atomic E-state index is 0.314. The van der Waals surface area contributed by atoms with E-state index in [2.05, 4.69) is 39.6 Å². The molecular formula is C18H16N2OS. The molecule has 0 radical (unpaired) electrons. The molecule has 1 N–H and O–H groups in total. The summed E-state index contributed by atoms with van der Waals surface area (Å²) in [4.78, 5) is 7.03. The Morgan fingerprint density at radius 1 is 1.09 bits per heavy atom. The molecule has 4 heteroatoms. The summed E-state index contributed by atoms with van der Waals surface area (Å²) in [6.45, 7) is 0.827. The molecule has 0 spiro atoms. The monoisotopic (exact) mass is 308 g/mol. The highest BCUT2D eigenvalue weighted by molar-refractivity contribution is 8.16. The number of phenolic OH excluding ortho intramolecular Hbond substituents is 1. The first-order chi connectivity index (χ1) is 10.8. The number of rotatable bonds is 3. The molecule has 110 valence electrons. The summed E-state index contributed by atoms with van der Waals surface area (Å²) in [6.07, 6.45) is 0.929. The molecule has 22 heavy (non-hydrogen) atoms. The van der Waals surface area contributed by atoms with Crippen LogP contribution in [0.15, 0.2) is 65.0 Å². The predicted molar refractivity (Wildman–Crippen MR) is 91.7 cm³/mol. The van der Waals surface area contributed by atoms with Crippen LogP contribution in [0.25, 0.3) is 5.70 Å². The van der Waals surface area contributed by atoms with E-state index in [0.29, 0.717) is 11.8 Å². The highest BCUT2D eigenvalue weighted by atomic mass is 32.2. The van der Waals surface area contributed by atoms with Gasteiger partial charge in [0.25, 0.3) is 0 Å².